The van der Waals surface area contributed by atoms with Gasteiger partial charge in [-0.1, -0.05) is 19.9 Å². The van der Waals surface area contributed by atoms with Crippen LogP contribution < -0.4 is 5.73 Å². The van der Waals surface area contributed by atoms with Gasteiger partial charge < -0.3 is 5.73 Å². The molecule has 0 spiro atoms. The first-order valence-corrected chi connectivity index (χ1v) is 5.78. The smallest absolute Gasteiger partial charge is 0.0664 e. The molecule has 86 valence electrons. The zero-order valence-corrected chi connectivity index (χ0v) is 10.1. The van der Waals surface area contributed by atoms with Crippen molar-refractivity contribution in [1.82, 2.24) is 9.61 Å². The Morgan fingerprint density at radius 3 is 2.75 bits per heavy atom. The third-order valence-electron chi connectivity index (χ3n) is 3.09. The normalized spacial score (nSPS) is 13.6. The maximum Gasteiger partial charge on any atom is 0.0664 e. The highest BCUT2D eigenvalue weighted by Crippen LogP contribution is 2.23. The lowest BCUT2D eigenvalue weighted by Gasteiger charge is -2.19. The molecule has 3 nitrogen and oxygen atoms in total. The fourth-order valence-corrected chi connectivity index (χ4v) is 2.14. The van der Waals surface area contributed by atoms with Gasteiger partial charge in [0.1, 0.15) is 0 Å². The van der Waals surface area contributed by atoms with E-state index in [2.05, 4.69) is 43.3 Å². The number of aromatic nitrogens is 2. The first-order chi connectivity index (χ1) is 7.61. The van der Waals surface area contributed by atoms with Crippen LogP contribution in [0, 0.1) is 12.8 Å². The molecule has 0 fully saturated rings. The number of aryl methyl sites for hydroxylation is 1. The maximum atomic E-state index is 5.83. The van der Waals surface area contributed by atoms with E-state index in [1.165, 1.54) is 5.56 Å². The summed E-state index contributed by atoms with van der Waals surface area (Å²) in [5, 5.41) is 4.43. The molecule has 2 rings (SSSR count). The molecule has 0 saturated heterocycles. The quantitative estimate of drug-likeness (QED) is 0.857. The lowest BCUT2D eigenvalue weighted by Crippen LogP contribution is -2.18. The van der Waals surface area contributed by atoms with Crippen LogP contribution in [0.3, 0.4) is 0 Å². The van der Waals surface area contributed by atoms with E-state index in [1.54, 1.807) is 0 Å². The highest BCUT2D eigenvalue weighted by molar-refractivity contribution is 5.48. The summed E-state index contributed by atoms with van der Waals surface area (Å²) in [5.74, 6) is 0.966. The Hall–Kier alpha value is -1.35. The predicted octanol–water partition coefficient (Wildman–Crippen LogP) is 2.34. The molecule has 0 aliphatic rings. The number of fused-ring (bicyclic) bond motifs is 1. The SMILES string of the molecule is Cc1cc2ccc(C(CN)C(C)C)cn2n1. The number of nitrogens with two attached hydrogens (primary N) is 1. The highest BCUT2D eigenvalue weighted by Gasteiger charge is 2.14. The van der Waals surface area contributed by atoms with Crippen LogP contribution in [0.5, 0.6) is 0 Å². The predicted molar refractivity (Wildman–Crippen MR) is 66.6 cm³/mol. The van der Waals surface area contributed by atoms with Gasteiger partial charge in [-0.25, -0.2) is 4.52 Å². The van der Waals surface area contributed by atoms with Crippen LogP contribution >= 0.6 is 0 Å². The summed E-state index contributed by atoms with van der Waals surface area (Å²) in [7, 11) is 0. The number of nitrogens with zero attached hydrogens (tertiary/aromatic N) is 2. The number of rotatable bonds is 3. The molecular formula is C13H19N3. The van der Waals surface area contributed by atoms with Gasteiger partial charge in [0.15, 0.2) is 0 Å². The van der Waals surface area contributed by atoms with Crippen molar-refractivity contribution in [2.75, 3.05) is 6.54 Å². The first kappa shape index (κ1) is 11.1. The fourth-order valence-electron chi connectivity index (χ4n) is 2.14. The zero-order valence-electron chi connectivity index (χ0n) is 10.1. The van der Waals surface area contributed by atoms with Gasteiger partial charge in [0.25, 0.3) is 0 Å². The molecule has 2 N–H and O–H groups in total. The Morgan fingerprint density at radius 1 is 1.38 bits per heavy atom. The fraction of sp³-hybridized carbons (Fsp3) is 0.462. The van der Waals surface area contributed by atoms with Crippen LogP contribution in [-0.4, -0.2) is 16.2 Å². The molecule has 0 bridgehead atoms. The van der Waals surface area contributed by atoms with Gasteiger partial charge in [-0.15, -0.1) is 0 Å². The van der Waals surface area contributed by atoms with Crippen LogP contribution in [0.25, 0.3) is 5.52 Å². The summed E-state index contributed by atoms with van der Waals surface area (Å²) in [4.78, 5) is 0. The van der Waals surface area contributed by atoms with Crippen molar-refractivity contribution in [3.8, 4) is 0 Å². The van der Waals surface area contributed by atoms with Crippen molar-refractivity contribution >= 4 is 5.52 Å². The minimum atomic E-state index is 0.411. The molecule has 0 saturated carbocycles. The maximum absolute atomic E-state index is 5.83. The molecule has 0 aliphatic heterocycles. The van der Waals surface area contributed by atoms with E-state index in [1.807, 2.05) is 11.4 Å². The highest BCUT2D eigenvalue weighted by atomic mass is 15.2. The third kappa shape index (κ3) is 1.95. The molecule has 1 unspecified atom stereocenters. The zero-order chi connectivity index (χ0) is 11.7. The Labute approximate surface area is 96.3 Å². The number of pyridine rings is 1. The van der Waals surface area contributed by atoms with Crippen molar-refractivity contribution < 1.29 is 0 Å². The van der Waals surface area contributed by atoms with Gasteiger partial charge in [-0.3, -0.25) is 0 Å². The molecule has 1 atom stereocenters. The number of hydrogen-bond donors (Lipinski definition) is 1. The summed E-state index contributed by atoms with van der Waals surface area (Å²) in [5.41, 5.74) is 9.28. The van der Waals surface area contributed by atoms with Crippen molar-refractivity contribution in [2.45, 2.75) is 26.7 Å². The second kappa shape index (κ2) is 4.26. The summed E-state index contributed by atoms with van der Waals surface area (Å²) in [6.45, 7) is 7.10. The van der Waals surface area contributed by atoms with Crippen LogP contribution in [0.1, 0.15) is 31.0 Å². The van der Waals surface area contributed by atoms with Gasteiger partial charge in [0, 0.05) is 6.20 Å². The Bertz CT molecular complexity index is 485. The summed E-state index contributed by atoms with van der Waals surface area (Å²) in [6, 6.07) is 6.35. The van der Waals surface area contributed by atoms with Crippen molar-refractivity contribution in [3.05, 3.63) is 35.7 Å². The van der Waals surface area contributed by atoms with Gasteiger partial charge in [-0.2, -0.15) is 5.10 Å². The van der Waals surface area contributed by atoms with Gasteiger partial charge in [0.2, 0.25) is 0 Å². The molecule has 0 radical (unpaired) electrons. The largest absolute Gasteiger partial charge is 0.330 e. The van der Waals surface area contributed by atoms with E-state index in [9.17, 15) is 0 Å². The minimum absolute atomic E-state index is 0.411. The van der Waals surface area contributed by atoms with Crippen LogP contribution in [0.2, 0.25) is 0 Å². The third-order valence-corrected chi connectivity index (χ3v) is 3.09. The lowest BCUT2D eigenvalue weighted by atomic mass is 9.89. The monoisotopic (exact) mass is 217 g/mol. The van der Waals surface area contributed by atoms with Gasteiger partial charge >= 0.3 is 0 Å². The van der Waals surface area contributed by atoms with E-state index < -0.39 is 0 Å². The van der Waals surface area contributed by atoms with E-state index in [0.29, 0.717) is 18.4 Å². The molecular weight excluding hydrogens is 198 g/mol. The van der Waals surface area contributed by atoms with E-state index in [4.69, 9.17) is 5.73 Å². The Kier molecular flexibility index (Phi) is 2.97. The summed E-state index contributed by atoms with van der Waals surface area (Å²) < 4.78 is 1.94. The van der Waals surface area contributed by atoms with E-state index in [0.717, 1.165) is 11.2 Å². The average Bonchev–Trinajstić information content (AvgIpc) is 2.57. The average molecular weight is 217 g/mol. The summed E-state index contributed by atoms with van der Waals surface area (Å²) >= 11 is 0. The van der Waals surface area contributed by atoms with E-state index >= 15 is 0 Å². The standard InChI is InChI=1S/C13H19N3/c1-9(2)13(7-14)11-4-5-12-6-10(3)15-16(12)8-11/h4-6,8-9,13H,7,14H2,1-3H3. The molecule has 16 heavy (non-hydrogen) atoms. The van der Waals surface area contributed by atoms with Crippen molar-refractivity contribution in [2.24, 2.45) is 11.7 Å². The Morgan fingerprint density at radius 2 is 2.12 bits per heavy atom. The molecule has 2 heterocycles. The topological polar surface area (TPSA) is 43.3 Å². The molecule has 2 aromatic heterocycles. The Balaban J connectivity index is 2.44. The van der Waals surface area contributed by atoms with Crippen molar-refractivity contribution in [1.29, 1.82) is 0 Å². The number of hydrogen-bond acceptors (Lipinski definition) is 2. The molecule has 2 aromatic rings. The summed E-state index contributed by atoms with van der Waals surface area (Å²) in [6.07, 6.45) is 2.10. The molecule has 0 aliphatic carbocycles. The van der Waals surface area contributed by atoms with Gasteiger partial charge in [0.05, 0.1) is 11.2 Å². The molecule has 0 aromatic carbocycles. The second-order valence-electron chi connectivity index (χ2n) is 4.70. The van der Waals surface area contributed by atoms with Crippen LogP contribution in [0.4, 0.5) is 0 Å². The first-order valence-electron chi connectivity index (χ1n) is 5.78. The lowest BCUT2D eigenvalue weighted by molar-refractivity contribution is 0.504. The van der Waals surface area contributed by atoms with Gasteiger partial charge in [-0.05, 0) is 43.0 Å². The second-order valence-corrected chi connectivity index (χ2v) is 4.70. The van der Waals surface area contributed by atoms with Crippen molar-refractivity contribution in [3.63, 3.8) is 0 Å². The molecule has 3 heteroatoms. The molecule has 0 amide bonds. The van der Waals surface area contributed by atoms with Crippen LogP contribution in [0.15, 0.2) is 24.4 Å². The van der Waals surface area contributed by atoms with Crippen LogP contribution in [-0.2, 0) is 0 Å². The van der Waals surface area contributed by atoms with E-state index in [-0.39, 0.29) is 0 Å². The minimum Gasteiger partial charge on any atom is -0.330 e.